The van der Waals surface area contributed by atoms with E-state index in [9.17, 15) is 5.11 Å². The highest BCUT2D eigenvalue weighted by Crippen LogP contribution is 2.67. The van der Waals surface area contributed by atoms with Crippen LogP contribution in [-0.2, 0) is 0 Å². The molecule has 0 aromatic carbocycles. The van der Waals surface area contributed by atoms with Gasteiger partial charge in [0.1, 0.15) is 5.72 Å². The second-order valence-electron chi connectivity index (χ2n) is 12.6. The summed E-state index contributed by atoms with van der Waals surface area (Å²) < 4.78 is 0. The van der Waals surface area contributed by atoms with Gasteiger partial charge in [-0.15, -0.1) is 0 Å². The number of nitrogens with zero attached hydrogens (tertiary/aromatic N) is 3. The van der Waals surface area contributed by atoms with Crippen LogP contribution in [0.4, 0.5) is 0 Å². The Kier molecular flexibility index (Phi) is 6.29. The predicted octanol–water partition coefficient (Wildman–Crippen LogP) is 8.03. The Morgan fingerprint density at radius 1 is 1.10 bits per heavy atom. The lowest BCUT2D eigenvalue weighted by atomic mass is 9.46. The zero-order chi connectivity index (χ0) is 22.4. The molecule has 3 fully saturated rings. The normalized spacial score (nSPS) is 45.2. The highest BCUT2D eigenvalue weighted by molar-refractivity contribution is 5.27. The molecule has 4 nitrogen and oxygen atoms in total. The van der Waals surface area contributed by atoms with Crippen molar-refractivity contribution in [2.24, 2.45) is 51.5 Å². The minimum atomic E-state index is -1.21. The minimum Gasteiger partial charge on any atom is -0.383 e. The largest absolute Gasteiger partial charge is 0.383 e. The summed E-state index contributed by atoms with van der Waals surface area (Å²) >= 11 is 0. The van der Waals surface area contributed by atoms with Crippen LogP contribution in [0.5, 0.6) is 0 Å². The average Bonchev–Trinajstić information content (AvgIpc) is 3.06. The van der Waals surface area contributed by atoms with E-state index in [-0.39, 0.29) is 5.41 Å². The molecule has 0 spiro atoms. The van der Waals surface area contributed by atoms with Crippen LogP contribution >= 0.6 is 0 Å². The molecule has 3 saturated carbocycles. The first-order chi connectivity index (χ1) is 14.6. The number of hydrogen-bond acceptors (Lipinski definition) is 2. The number of hydrogen-bond donors (Lipinski definition) is 1. The van der Waals surface area contributed by atoms with E-state index in [0.717, 1.165) is 48.3 Å². The Morgan fingerprint density at radius 3 is 2.58 bits per heavy atom. The summed E-state index contributed by atoms with van der Waals surface area (Å²) in [5, 5.41) is 14.5. The molecule has 0 aromatic heterocycles. The lowest BCUT2D eigenvalue weighted by Crippen LogP contribution is -2.52. The second-order valence-corrected chi connectivity index (χ2v) is 12.6. The molecule has 4 heteroatoms. The molecular weight excluding hydrogens is 382 g/mol. The molecule has 0 heterocycles. The third-order valence-electron chi connectivity index (χ3n) is 10.6. The molecule has 0 radical (unpaired) electrons. The molecule has 4 aliphatic carbocycles. The fourth-order valence-corrected chi connectivity index (χ4v) is 8.82. The van der Waals surface area contributed by atoms with Crippen molar-refractivity contribution in [1.29, 1.82) is 0 Å². The molecule has 0 saturated heterocycles. The van der Waals surface area contributed by atoms with Crippen molar-refractivity contribution in [3.05, 3.63) is 22.1 Å². The van der Waals surface area contributed by atoms with E-state index in [4.69, 9.17) is 5.53 Å². The first-order valence-electron chi connectivity index (χ1n) is 13.1. The monoisotopic (exact) mass is 427 g/mol. The summed E-state index contributed by atoms with van der Waals surface area (Å²) in [7, 11) is 0. The lowest BCUT2D eigenvalue weighted by molar-refractivity contribution is -0.0731. The molecule has 1 N–H and O–H groups in total. The zero-order valence-electron chi connectivity index (χ0n) is 20.6. The zero-order valence-corrected chi connectivity index (χ0v) is 20.6. The third kappa shape index (κ3) is 3.97. The van der Waals surface area contributed by atoms with Gasteiger partial charge in [0.2, 0.25) is 0 Å². The van der Waals surface area contributed by atoms with E-state index in [2.05, 4.69) is 50.7 Å². The van der Waals surface area contributed by atoms with Crippen molar-refractivity contribution in [3.63, 3.8) is 0 Å². The number of allylic oxidation sites excluding steroid dienone is 1. The summed E-state index contributed by atoms with van der Waals surface area (Å²) in [5.74, 6) is 4.96. The van der Waals surface area contributed by atoms with Gasteiger partial charge in [-0.25, -0.2) is 0 Å². The highest BCUT2D eigenvalue weighted by Gasteiger charge is 2.59. The maximum Gasteiger partial charge on any atom is 0.147 e. The summed E-state index contributed by atoms with van der Waals surface area (Å²) in [6.45, 7) is 12.3. The Morgan fingerprint density at radius 2 is 1.87 bits per heavy atom. The maximum atomic E-state index is 10.8. The van der Waals surface area contributed by atoms with Gasteiger partial charge in [-0.1, -0.05) is 70.6 Å². The van der Waals surface area contributed by atoms with Crippen LogP contribution in [0.3, 0.4) is 0 Å². The molecule has 0 aromatic rings. The van der Waals surface area contributed by atoms with E-state index in [1.165, 1.54) is 50.5 Å². The third-order valence-corrected chi connectivity index (χ3v) is 10.6. The van der Waals surface area contributed by atoms with Crippen LogP contribution in [0.2, 0.25) is 0 Å². The van der Waals surface area contributed by atoms with E-state index < -0.39 is 5.72 Å². The number of azide groups is 1. The van der Waals surface area contributed by atoms with Crippen LogP contribution in [0.1, 0.15) is 105 Å². The van der Waals surface area contributed by atoms with Gasteiger partial charge in [0.05, 0.1) is 0 Å². The molecule has 1 unspecified atom stereocenters. The van der Waals surface area contributed by atoms with Gasteiger partial charge in [0.25, 0.3) is 0 Å². The summed E-state index contributed by atoms with van der Waals surface area (Å²) in [4.78, 5) is 2.93. The van der Waals surface area contributed by atoms with E-state index in [0.29, 0.717) is 18.3 Å². The van der Waals surface area contributed by atoms with Crippen LogP contribution in [0.15, 0.2) is 16.8 Å². The van der Waals surface area contributed by atoms with Crippen molar-refractivity contribution in [1.82, 2.24) is 0 Å². The topological polar surface area (TPSA) is 69.0 Å². The van der Waals surface area contributed by atoms with Crippen LogP contribution in [-0.4, -0.2) is 10.8 Å². The number of aliphatic hydroxyl groups is 1. The van der Waals surface area contributed by atoms with E-state index in [1.54, 1.807) is 0 Å². The van der Waals surface area contributed by atoms with Crippen LogP contribution < -0.4 is 0 Å². The standard InChI is InChI=1S/C27H45N3O/c1-18(2)7-6-8-19(3)22-11-12-23-21-10-9-20-17-27(31,29-30-28)16-15-25(20,4)24(21)13-14-26(22,23)5/h9,18-19,21-24,31H,6-8,10-17H2,1-5H3/t19-,21+,22-,23+,24+,25+,26-,27?/m1/s1. The summed E-state index contributed by atoms with van der Waals surface area (Å²) in [5.41, 5.74) is 9.75. The van der Waals surface area contributed by atoms with Gasteiger partial charge in [0.15, 0.2) is 0 Å². The molecule has 4 rings (SSSR count). The van der Waals surface area contributed by atoms with Crippen LogP contribution in [0, 0.1) is 46.3 Å². The van der Waals surface area contributed by atoms with Crippen molar-refractivity contribution in [2.75, 3.05) is 0 Å². The van der Waals surface area contributed by atoms with Crippen molar-refractivity contribution < 1.29 is 5.11 Å². The Hall–Kier alpha value is -0.990. The molecule has 4 aliphatic rings. The average molecular weight is 428 g/mol. The number of fused-ring (bicyclic) bond motifs is 5. The Labute approximate surface area is 189 Å². The van der Waals surface area contributed by atoms with Gasteiger partial charge < -0.3 is 5.11 Å². The van der Waals surface area contributed by atoms with Crippen molar-refractivity contribution in [3.8, 4) is 0 Å². The molecule has 31 heavy (non-hydrogen) atoms. The summed E-state index contributed by atoms with van der Waals surface area (Å²) in [6, 6.07) is 0. The first kappa shape index (κ1) is 23.2. The smallest absolute Gasteiger partial charge is 0.147 e. The number of rotatable bonds is 6. The fourth-order valence-electron chi connectivity index (χ4n) is 8.82. The minimum absolute atomic E-state index is 0.183. The molecular formula is C27H45N3O. The van der Waals surface area contributed by atoms with Gasteiger partial charge >= 0.3 is 0 Å². The van der Waals surface area contributed by atoms with E-state index >= 15 is 0 Å². The molecule has 174 valence electrons. The lowest BCUT2D eigenvalue weighted by Gasteiger charge is -2.59. The predicted molar refractivity (Wildman–Crippen MR) is 127 cm³/mol. The highest BCUT2D eigenvalue weighted by atomic mass is 16.3. The quantitative estimate of drug-likeness (QED) is 0.198. The Bertz CT molecular complexity index is 756. The van der Waals surface area contributed by atoms with Crippen molar-refractivity contribution >= 4 is 0 Å². The molecule has 0 bridgehead atoms. The first-order valence-corrected chi connectivity index (χ1v) is 13.1. The molecule has 0 aliphatic heterocycles. The van der Waals surface area contributed by atoms with Gasteiger partial charge in [-0.05, 0) is 96.8 Å². The summed E-state index contributed by atoms with van der Waals surface area (Å²) in [6.07, 6.45) is 15.4. The van der Waals surface area contributed by atoms with E-state index in [1.807, 2.05) is 0 Å². The maximum absolute atomic E-state index is 10.8. The van der Waals surface area contributed by atoms with Crippen LogP contribution in [0.25, 0.3) is 10.4 Å². The van der Waals surface area contributed by atoms with Crippen molar-refractivity contribution in [2.45, 2.75) is 111 Å². The van der Waals surface area contributed by atoms with Gasteiger partial charge in [-0.3, -0.25) is 0 Å². The SMILES string of the molecule is CC(C)CCC[C@@H](C)[C@H]1CC[C@H]2[C@@H]3CC=C4CC(O)(N=[N+]=[N-])CC[C@]4(C)[C@H]3CC[C@]12C. The van der Waals surface area contributed by atoms with Gasteiger partial charge in [-0.2, -0.15) is 0 Å². The second kappa shape index (κ2) is 8.41. The Balaban J connectivity index is 1.50. The molecule has 8 atom stereocenters. The van der Waals surface area contributed by atoms with Gasteiger partial charge in [0, 0.05) is 11.3 Å². The fraction of sp³-hybridized carbons (Fsp3) is 0.926. The molecule has 0 amide bonds.